The lowest BCUT2D eigenvalue weighted by molar-refractivity contribution is -0.143. The van der Waals surface area contributed by atoms with Gasteiger partial charge in [-0.15, -0.1) is 0 Å². The van der Waals surface area contributed by atoms with Crippen molar-refractivity contribution in [3.63, 3.8) is 0 Å². The second-order valence-electron chi connectivity index (χ2n) is 6.38. The average Bonchev–Trinajstić information content (AvgIpc) is 3.25. The second-order valence-corrected chi connectivity index (χ2v) is 8.57. The molecule has 4 aromatic heterocycles. The lowest BCUT2D eigenvalue weighted by Gasteiger charge is -2.13. The van der Waals surface area contributed by atoms with Gasteiger partial charge in [-0.05, 0) is 24.3 Å². The summed E-state index contributed by atoms with van der Waals surface area (Å²) in [5.74, 6) is -1.58. The number of hydrogen-bond acceptors (Lipinski definition) is 5. The molecule has 4 aromatic rings. The summed E-state index contributed by atoms with van der Waals surface area (Å²) in [5, 5.41) is 2.71. The first-order valence-corrected chi connectivity index (χ1v) is 10.2. The number of imidazole rings is 1. The van der Waals surface area contributed by atoms with Gasteiger partial charge in [0.25, 0.3) is 0 Å². The highest BCUT2D eigenvalue weighted by atomic mass is 32.2. The fourth-order valence-electron chi connectivity index (χ4n) is 3.15. The van der Waals surface area contributed by atoms with Gasteiger partial charge in [0.15, 0.2) is 26.4 Å². The van der Waals surface area contributed by atoms with Crippen LogP contribution in [0, 0.1) is 0 Å². The van der Waals surface area contributed by atoms with Crippen LogP contribution in [0.5, 0.6) is 0 Å². The second kappa shape index (κ2) is 6.67. The van der Waals surface area contributed by atoms with E-state index in [1.165, 1.54) is 12.1 Å². The zero-order chi connectivity index (χ0) is 22.8. The third-order valence-electron chi connectivity index (χ3n) is 4.45. The number of sulfone groups is 1. The van der Waals surface area contributed by atoms with E-state index >= 15 is 0 Å². The molecule has 0 radical (unpaired) electrons. The van der Waals surface area contributed by atoms with Gasteiger partial charge in [-0.2, -0.15) is 31.4 Å². The summed E-state index contributed by atoms with van der Waals surface area (Å²) in [5.41, 5.74) is -4.19. The van der Waals surface area contributed by atoms with Crippen molar-refractivity contribution in [3.05, 3.63) is 47.9 Å². The smallest absolute Gasteiger partial charge is 0.277 e. The summed E-state index contributed by atoms with van der Waals surface area (Å²) >= 11 is 0. The van der Waals surface area contributed by atoms with Crippen molar-refractivity contribution in [2.24, 2.45) is 0 Å². The highest BCUT2D eigenvalue weighted by molar-refractivity contribution is 7.91. The summed E-state index contributed by atoms with van der Waals surface area (Å²) in [6, 6.07) is 5.16. The molecule has 31 heavy (non-hydrogen) atoms. The quantitative estimate of drug-likeness (QED) is 0.431. The molecule has 4 heterocycles. The Kier molecular flexibility index (Phi) is 4.54. The monoisotopic (exact) mass is 463 g/mol. The predicted molar refractivity (Wildman–Crippen MR) is 95.3 cm³/mol. The predicted octanol–water partition coefficient (Wildman–Crippen LogP) is 3.90. The van der Waals surface area contributed by atoms with Gasteiger partial charge in [-0.1, -0.05) is 13.0 Å². The molecule has 0 aliphatic heterocycles. The first-order chi connectivity index (χ1) is 14.4. The SMILES string of the molecule is CCS(=O)(=O)c1c(-n2nc3cccnc3c2C(F)(F)F)nc2cccc(C(F)(F)F)n12. The van der Waals surface area contributed by atoms with Gasteiger partial charge in [-0.3, -0.25) is 9.38 Å². The Morgan fingerprint density at radius 1 is 1.00 bits per heavy atom. The maximum absolute atomic E-state index is 13.9. The minimum Gasteiger partial charge on any atom is -0.277 e. The third-order valence-corrected chi connectivity index (χ3v) is 6.16. The van der Waals surface area contributed by atoms with E-state index in [0.29, 0.717) is 6.07 Å². The maximum atomic E-state index is 13.9. The largest absolute Gasteiger partial charge is 0.435 e. The number of fused-ring (bicyclic) bond motifs is 2. The zero-order valence-corrected chi connectivity index (χ0v) is 16.2. The molecule has 0 amide bonds. The molecule has 0 aromatic carbocycles. The first-order valence-electron chi connectivity index (χ1n) is 8.59. The van der Waals surface area contributed by atoms with Gasteiger partial charge in [0.2, 0.25) is 0 Å². The molecule has 0 aliphatic carbocycles. The van der Waals surface area contributed by atoms with Crippen LogP contribution in [0.4, 0.5) is 26.3 Å². The molecule has 0 unspecified atom stereocenters. The van der Waals surface area contributed by atoms with E-state index in [9.17, 15) is 34.8 Å². The molecule has 14 heteroatoms. The van der Waals surface area contributed by atoms with Crippen LogP contribution in [0.2, 0.25) is 0 Å². The normalized spacial score (nSPS) is 13.4. The van der Waals surface area contributed by atoms with Crippen LogP contribution in [0.15, 0.2) is 41.6 Å². The average molecular weight is 463 g/mol. The van der Waals surface area contributed by atoms with Gasteiger partial charge < -0.3 is 0 Å². The Morgan fingerprint density at radius 3 is 2.32 bits per heavy atom. The van der Waals surface area contributed by atoms with Gasteiger partial charge in [0.1, 0.15) is 22.4 Å². The van der Waals surface area contributed by atoms with Gasteiger partial charge in [-0.25, -0.2) is 18.1 Å². The van der Waals surface area contributed by atoms with Crippen molar-refractivity contribution < 1.29 is 34.8 Å². The van der Waals surface area contributed by atoms with Crippen LogP contribution in [0.1, 0.15) is 18.3 Å². The fourth-order valence-corrected chi connectivity index (χ4v) is 4.31. The minimum atomic E-state index is -5.06. The van der Waals surface area contributed by atoms with Crippen LogP contribution in [0.25, 0.3) is 22.5 Å². The molecule has 0 bridgehead atoms. The van der Waals surface area contributed by atoms with Crippen molar-refractivity contribution >= 4 is 26.5 Å². The summed E-state index contributed by atoms with van der Waals surface area (Å²) in [6.07, 6.45) is -8.98. The third kappa shape index (κ3) is 3.30. The highest BCUT2D eigenvalue weighted by Crippen LogP contribution is 2.38. The Hall–Kier alpha value is -3.16. The lowest BCUT2D eigenvalue weighted by Crippen LogP contribution is -2.19. The fraction of sp³-hybridized carbons (Fsp3) is 0.235. The van der Waals surface area contributed by atoms with E-state index in [1.807, 2.05) is 0 Å². The molecule has 0 saturated carbocycles. The minimum absolute atomic E-state index is 0.188. The van der Waals surface area contributed by atoms with Crippen molar-refractivity contribution in [2.45, 2.75) is 24.3 Å². The Bertz CT molecular complexity index is 1420. The van der Waals surface area contributed by atoms with Gasteiger partial charge in [0.05, 0.1) is 5.75 Å². The molecule has 0 atom stereocenters. The van der Waals surface area contributed by atoms with Crippen LogP contribution >= 0.6 is 0 Å². The van der Waals surface area contributed by atoms with E-state index in [-0.39, 0.29) is 14.6 Å². The van der Waals surface area contributed by atoms with Gasteiger partial charge in [0, 0.05) is 6.20 Å². The topological polar surface area (TPSA) is 82.1 Å². The summed E-state index contributed by atoms with van der Waals surface area (Å²) in [7, 11) is -4.49. The Morgan fingerprint density at radius 2 is 1.71 bits per heavy atom. The van der Waals surface area contributed by atoms with Crippen molar-refractivity contribution in [1.82, 2.24) is 24.1 Å². The van der Waals surface area contributed by atoms with E-state index in [1.54, 1.807) is 0 Å². The summed E-state index contributed by atoms with van der Waals surface area (Å²) in [4.78, 5) is 7.45. The van der Waals surface area contributed by atoms with E-state index in [4.69, 9.17) is 0 Å². The summed E-state index contributed by atoms with van der Waals surface area (Å²) in [6.45, 7) is 1.15. The molecule has 164 valence electrons. The molecule has 0 spiro atoms. The first kappa shape index (κ1) is 21.1. The number of aromatic nitrogens is 5. The lowest BCUT2D eigenvalue weighted by atomic mass is 10.3. The number of nitrogens with zero attached hydrogens (tertiary/aromatic N) is 5. The number of hydrogen-bond donors (Lipinski definition) is 0. The molecule has 0 N–H and O–H groups in total. The molecular formula is C17H11F6N5O2S. The van der Waals surface area contributed by atoms with Gasteiger partial charge >= 0.3 is 12.4 Å². The number of rotatable bonds is 3. The van der Waals surface area contributed by atoms with Crippen molar-refractivity contribution in [2.75, 3.05) is 5.75 Å². The van der Waals surface area contributed by atoms with E-state index in [0.717, 1.165) is 25.3 Å². The Balaban J connectivity index is 2.23. The molecule has 0 aliphatic rings. The van der Waals surface area contributed by atoms with Crippen LogP contribution in [0.3, 0.4) is 0 Å². The van der Waals surface area contributed by atoms with Crippen LogP contribution < -0.4 is 0 Å². The van der Waals surface area contributed by atoms with E-state index < -0.39 is 61.3 Å². The summed E-state index contributed by atoms with van der Waals surface area (Å²) < 4.78 is 108. The van der Waals surface area contributed by atoms with Crippen LogP contribution in [-0.2, 0) is 22.2 Å². The van der Waals surface area contributed by atoms with Crippen LogP contribution in [-0.4, -0.2) is 38.3 Å². The number of alkyl halides is 6. The van der Waals surface area contributed by atoms with Crippen molar-refractivity contribution in [3.8, 4) is 5.82 Å². The standard InChI is InChI=1S/C17H11F6N5O2S/c1-2-31(29,30)15-14(25-11-7-3-6-10(27(11)15)16(18,19)20)28-13(17(21,22)23)12-9(26-28)5-4-8-24-12/h3-8H,2H2,1H3. The molecule has 0 fully saturated rings. The highest BCUT2D eigenvalue weighted by Gasteiger charge is 2.42. The molecular weight excluding hydrogens is 452 g/mol. The molecule has 0 saturated heterocycles. The van der Waals surface area contributed by atoms with E-state index in [2.05, 4.69) is 15.1 Å². The molecule has 4 rings (SSSR count). The zero-order valence-electron chi connectivity index (χ0n) is 15.4. The number of pyridine rings is 2. The Labute approximate surface area is 169 Å². The maximum Gasteiger partial charge on any atom is 0.435 e. The number of halogens is 6. The molecule has 7 nitrogen and oxygen atoms in total. The van der Waals surface area contributed by atoms with Crippen molar-refractivity contribution in [1.29, 1.82) is 0 Å².